The van der Waals surface area contributed by atoms with Crippen LogP contribution in [0.4, 0.5) is 4.39 Å². The third-order valence-electron chi connectivity index (χ3n) is 8.71. The van der Waals surface area contributed by atoms with Crippen LogP contribution in [0.2, 0.25) is 0 Å². The molecule has 31 heavy (non-hydrogen) atoms. The van der Waals surface area contributed by atoms with Gasteiger partial charge >= 0.3 is 0 Å². The minimum absolute atomic E-state index is 0.131. The van der Waals surface area contributed by atoms with Crippen molar-refractivity contribution in [3.63, 3.8) is 0 Å². The van der Waals surface area contributed by atoms with Crippen molar-refractivity contribution in [2.45, 2.75) is 97.4 Å². The Morgan fingerprint density at radius 1 is 1.19 bits per heavy atom. The van der Waals surface area contributed by atoms with Gasteiger partial charge in [0.1, 0.15) is 6.17 Å². The van der Waals surface area contributed by atoms with Gasteiger partial charge in [-0.15, -0.1) is 0 Å². The molecule has 0 aliphatic heterocycles. The topological polar surface area (TPSA) is 40.5 Å². The lowest BCUT2D eigenvalue weighted by atomic mass is 9.61. The van der Waals surface area contributed by atoms with Gasteiger partial charge in [-0.3, -0.25) is 0 Å². The lowest BCUT2D eigenvalue weighted by Gasteiger charge is -2.44. The van der Waals surface area contributed by atoms with Gasteiger partial charge in [-0.1, -0.05) is 57.2 Å². The number of aliphatic hydroxyl groups excluding tert-OH is 1. The van der Waals surface area contributed by atoms with Gasteiger partial charge in [-0.2, -0.15) is 0 Å². The van der Waals surface area contributed by atoms with E-state index in [9.17, 15) is 14.6 Å². The van der Waals surface area contributed by atoms with Gasteiger partial charge in [0, 0.05) is 12.3 Å². The lowest BCUT2D eigenvalue weighted by Crippen LogP contribution is -2.35. The van der Waals surface area contributed by atoms with Gasteiger partial charge in [-0.05, 0) is 86.7 Å². The van der Waals surface area contributed by atoms with E-state index >= 15 is 0 Å². The number of alkyl halides is 1. The molecule has 2 N–H and O–H groups in total. The summed E-state index contributed by atoms with van der Waals surface area (Å²) in [5, 5.41) is 20.2. The predicted octanol–water partition coefficient (Wildman–Crippen LogP) is 6.70. The lowest BCUT2D eigenvalue weighted by molar-refractivity contribution is 0.0436. The fraction of sp³-hybridized carbons (Fsp3) is 0.714. The number of aliphatic hydroxyl groups is 2. The monoisotopic (exact) mass is 430 g/mol. The van der Waals surface area contributed by atoms with Crippen LogP contribution >= 0.6 is 0 Å². The molecule has 0 aromatic rings. The normalized spacial score (nSPS) is 39.3. The molecule has 3 heteroatoms. The molecule has 0 amide bonds. The van der Waals surface area contributed by atoms with E-state index in [2.05, 4.69) is 45.6 Å². The standard InChI is InChI=1S/C28H43FO2/c1-18(9-10-19(2)27(4,5)31)24-13-14-25-21(8-7-15-28(24,25)6)11-12-22-16-23(30)17-26(29)20(22)3/h9-12,18-19,23-26,30-31H,3,7-8,13-17H2,1-2,4-6H3/b10-9+,21-11+,22-12-/t18-,19+,23-,24-,25+,26?,28-/m1/s1. The molecule has 3 fully saturated rings. The maximum absolute atomic E-state index is 14.1. The summed E-state index contributed by atoms with van der Waals surface area (Å²) < 4.78 is 14.1. The molecule has 0 heterocycles. The first-order valence-electron chi connectivity index (χ1n) is 12.2. The molecule has 174 valence electrons. The Morgan fingerprint density at radius 3 is 2.58 bits per heavy atom. The van der Waals surface area contributed by atoms with Crippen LogP contribution in [0.15, 0.2) is 47.6 Å². The zero-order valence-corrected chi connectivity index (χ0v) is 20.2. The molecule has 3 rings (SSSR count). The van der Waals surface area contributed by atoms with Crippen LogP contribution in [0.25, 0.3) is 0 Å². The van der Waals surface area contributed by atoms with Crippen LogP contribution in [-0.2, 0) is 0 Å². The molecule has 3 aliphatic carbocycles. The van der Waals surface area contributed by atoms with E-state index in [1.165, 1.54) is 31.3 Å². The van der Waals surface area contributed by atoms with Crippen molar-refractivity contribution >= 4 is 0 Å². The van der Waals surface area contributed by atoms with Crippen LogP contribution in [0.3, 0.4) is 0 Å². The Hall–Kier alpha value is -1.19. The van der Waals surface area contributed by atoms with Gasteiger partial charge < -0.3 is 10.2 Å². The summed E-state index contributed by atoms with van der Waals surface area (Å²) >= 11 is 0. The predicted molar refractivity (Wildman–Crippen MR) is 127 cm³/mol. The SMILES string of the molecule is C=C1/C(=C\C=C2/CCC[C@]3(C)[C@@H]([C@H](C)/C=C/[C@H](C)C(C)(C)O)CC[C@@H]23)C[C@@H](O)CC1F. The highest BCUT2D eigenvalue weighted by Crippen LogP contribution is 2.59. The van der Waals surface area contributed by atoms with Gasteiger partial charge in [0.2, 0.25) is 0 Å². The van der Waals surface area contributed by atoms with Gasteiger partial charge in [0.15, 0.2) is 0 Å². The third kappa shape index (κ3) is 5.25. The molecule has 0 radical (unpaired) electrons. The molecule has 0 aromatic heterocycles. The summed E-state index contributed by atoms with van der Waals surface area (Å²) in [4.78, 5) is 0. The first kappa shape index (κ1) is 24.5. The fourth-order valence-electron chi connectivity index (χ4n) is 6.29. The molecule has 2 nitrogen and oxygen atoms in total. The van der Waals surface area contributed by atoms with Crippen molar-refractivity contribution in [2.24, 2.45) is 29.1 Å². The van der Waals surface area contributed by atoms with E-state index in [1.54, 1.807) is 0 Å². The summed E-state index contributed by atoms with van der Waals surface area (Å²) in [7, 11) is 0. The van der Waals surface area contributed by atoms with E-state index in [1.807, 2.05) is 19.9 Å². The molecule has 0 saturated heterocycles. The number of halogens is 1. The van der Waals surface area contributed by atoms with E-state index in [-0.39, 0.29) is 17.8 Å². The highest BCUT2D eigenvalue weighted by molar-refractivity contribution is 5.38. The number of rotatable bonds is 5. The van der Waals surface area contributed by atoms with Gasteiger partial charge in [0.25, 0.3) is 0 Å². The largest absolute Gasteiger partial charge is 0.393 e. The zero-order chi connectivity index (χ0) is 23.0. The summed E-state index contributed by atoms with van der Waals surface area (Å²) in [6.45, 7) is 14.6. The number of hydrogen-bond acceptors (Lipinski definition) is 2. The highest BCUT2D eigenvalue weighted by atomic mass is 19.1. The molecule has 0 aromatic carbocycles. The highest BCUT2D eigenvalue weighted by Gasteiger charge is 2.50. The van der Waals surface area contributed by atoms with E-state index in [0.717, 1.165) is 12.0 Å². The fourth-order valence-corrected chi connectivity index (χ4v) is 6.29. The van der Waals surface area contributed by atoms with Crippen LogP contribution in [-0.4, -0.2) is 28.1 Å². The van der Waals surface area contributed by atoms with Gasteiger partial charge in [-0.25, -0.2) is 4.39 Å². The van der Waals surface area contributed by atoms with Gasteiger partial charge in [0.05, 0.1) is 11.7 Å². The number of hydrogen-bond donors (Lipinski definition) is 2. The Morgan fingerprint density at radius 2 is 1.90 bits per heavy atom. The van der Waals surface area contributed by atoms with E-state index < -0.39 is 17.9 Å². The summed E-state index contributed by atoms with van der Waals surface area (Å²) in [5.74, 6) is 1.83. The molecule has 3 aliphatic rings. The molecule has 0 bridgehead atoms. The zero-order valence-electron chi connectivity index (χ0n) is 20.2. The first-order valence-corrected chi connectivity index (χ1v) is 12.2. The van der Waals surface area contributed by atoms with Crippen LogP contribution in [0.1, 0.15) is 79.6 Å². The van der Waals surface area contributed by atoms with Crippen molar-refractivity contribution in [2.75, 3.05) is 0 Å². The summed E-state index contributed by atoms with van der Waals surface area (Å²) in [5.41, 5.74) is 2.51. The van der Waals surface area contributed by atoms with Crippen molar-refractivity contribution in [3.8, 4) is 0 Å². The first-order chi connectivity index (χ1) is 14.4. The van der Waals surface area contributed by atoms with E-state index in [0.29, 0.717) is 29.7 Å². The second-order valence-electron chi connectivity index (χ2n) is 11.3. The molecule has 3 saturated carbocycles. The Kier molecular flexibility index (Phi) is 7.38. The van der Waals surface area contributed by atoms with Crippen molar-refractivity contribution < 1.29 is 14.6 Å². The Balaban J connectivity index is 1.76. The van der Waals surface area contributed by atoms with Crippen molar-refractivity contribution in [3.05, 3.63) is 47.6 Å². The molecule has 7 atom stereocenters. The molecule has 0 spiro atoms. The van der Waals surface area contributed by atoms with Crippen LogP contribution in [0, 0.1) is 29.1 Å². The number of fused-ring (bicyclic) bond motifs is 1. The average Bonchev–Trinajstić information content (AvgIpc) is 3.04. The minimum atomic E-state index is -1.13. The van der Waals surface area contributed by atoms with Crippen LogP contribution < -0.4 is 0 Å². The molecular weight excluding hydrogens is 387 g/mol. The second kappa shape index (κ2) is 9.35. The van der Waals surface area contributed by atoms with E-state index in [4.69, 9.17) is 0 Å². The average molecular weight is 431 g/mol. The molecule has 1 unspecified atom stereocenters. The smallest absolute Gasteiger partial charge is 0.127 e. The third-order valence-corrected chi connectivity index (χ3v) is 8.71. The Labute approximate surface area is 189 Å². The molecular formula is C28H43FO2. The Bertz CT molecular complexity index is 755. The summed E-state index contributed by atoms with van der Waals surface area (Å²) in [6, 6.07) is 0. The number of allylic oxidation sites excluding steroid dienone is 5. The van der Waals surface area contributed by atoms with Crippen molar-refractivity contribution in [1.29, 1.82) is 0 Å². The second-order valence-corrected chi connectivity index (χ2v) is 11.3. The quantitative estimate of drug-likeness (QED) is 0.476. The maximum Gasteiger partial charge on any atom is 0.127 e. The van der Waals surface area contributed by atoms with Crippen molar-refractivity contribution in [1.82, 2.24) is 0 Å². The summed E-state index contributed by atoms with van der Waals surface area (Å²) in [6.07, 6.45) is 13.8. The maximum atomic E-state index is 14.1. The minimum Gasteiger partial charge on any atom is -0.393 e. The van der Waals surface area contributed by atoms with Crippen LogP contribution in [0.5, 0.6) is 0 Å².